The maximum Gasteiger partial charge on any atom is 0.296 e. The van der Waals surface area contributed by atoms with Gasteiger partial charge >= 0.3 is 0 Å². The largest absolute Gasteiger partial charge is 0.318 e. The van der Waals surface area contributed by atoms with Gasteiger partial charge in [-0.25, -0.2) is 4.39 Å². The molecule has 0 saturated heterocycles. The average Bonchev–Trinajstić information content (AvgIpc) is 2.43. The highest BCUT2D eigenvalue weighted by Crippen LogP contribution is 2.30. The Labute approximate surface area is 83.7 Å². The van der Waals surface area contributed by atoms with Crippen LogP contribution in [0.25, 0.3) is 0 Å². The molecule has 0 aromatic heterocycles. The molecule has 5 heteroatoms. The summed E-state index contributed by atoms with van der Waals surface area (Å²) in [5.41, 5.74) is 0.510. The molecule has 0 fully saturated rings. The zero-order valence-corrected chi connectivity index (χ0v) is 8.07. The molecule has 1 amide bonds. The summed E-state index contributed by atoms with van der Waals surface area (Å²) in [7, 11) is 0. The number of halogens is 1. The number of thioether (sulfide) groups is 1. The highest BCUT2D eigenvalue weighted by atomic mass is 32.2. The standard InChI is InChI=1S/C9H6FNO2S/c1-14-7-3-6-4(2-5(7)10)8(12)9(13)11-6/h2-3H,1H3,(H,11,12,13). The van der Waals surface area contributed by atoms with Crippen molar-refractivity contribution in [3.05, 3.63) is 23.5 Å². The van der Waals surface area contributed by atoms with Gasteiger partial charge in [0, 0.05) is 4.90 Å². The zero-order valence-electron chi connectivity index (χ0n) is 7.26. The minimum Gasteiger partial charge on any atom is -0.318 e. The molecule has 72 valence electrons. The Morgan fingerprint density at radius 2 is 2.07 bits per heavy atom. The van der Waals surface area contributed by atoms with Crippen LogP contribution in [0.15, 0.2) is 17.0 Å². The van der Waals surface area contributed by atoms with Gasteiger partial charge in [-0.05, 0) is 18.4 Å². The van der Waals surface area contributed by atoms with E-state index in [-0.39, 0.29) is 5.56 Å². The molecule has 0 aliphatic carbocycles. The van der Waals surface area contributed by atoms with E-state index in [9.17, 15) is 14.0 Å². The summed E-state index contributed by atoms with van der Waals surface area (Å²) in [6, 6.07) is 2.57. The number of benzene rings is 1. The summed E-state index contributed by atoms with van der Waals surface area (Å²) in [5.74, 6) is -1.84. The molecule has 1 aliphatic rings. The molecule has 2 rings (SSSR count). The molecule has 0 unspecified atom stereocenters. The Bertz CT molecular complexity index is 445. The van der Waals surface area contributed by atoms with E-state index < -0.39 is 17.5 Å². The third kappa shape index (κ3) is 1.21. The Balaban J connectivity index is 2.60. The van der Waals surface area contributed by atoms with Crippen LogP contribution in [0.5, 0.6) is 0 Å². The van der Waals surface area contributed by atoms with E-state index in [0.717, 1.165) is 6.07 Å². The number of nitrogens with one attached hydrogen (secondary N) is 1. The Kier molecular flexibility index (Phi) is 2.03. The van der Waals surface area contributed by atoms with Crippen molar-refractivity contribution in [2.24, 2.45) is 0 Å². The Morgan fingerprint density at radius 3 is 2.71 bits per heavy atom. The second-order valence-electron chi connectivity index (χ2n) is 2.82. The van der Waals surface area contributed by atoms with E-state index in [1.54, 1.807) is 6.26 Å². The number of fused-ring (bicyclic) bond motifs is 1. The van der Waals surface area contributed by atoms with Crippen LogP contribution in [0.2, 0.25) is 0 Å². The lowest BCUT2D eigenvalue weighted by Gasteiger charge is -2.01. The molecule has 1 heterocycles. The van der Waals surface area contributed by atoms with Crippen LogP contribution in [-0.2, 0) is 4.79 Å². The molecular formula is C9H6FNO2S. The molecule has 0 spiro atoms. The molecule has 0 radical (unpaired) electrons. The maximum atomic E-state index is 13.2. The lowest BCUT2D eigenvalue weighted by molar-refractivity contribution is -0.112. The van der Waals surface area contributed by atoms with Gasteiger partial charge in [-0.15, -0.1) is 11.8 Å². The minimum atomic E-state index is -0.697. The van der Waals surface area contributed by atoms with Gasteiger partial charge in [-0.1, -0.05) is 0 Å². The number of carbonyl (C=O) groups excluding carboxylic acids is 2. The van der Waals surface area contributed by atoms with Crippen molar-refractivity contribution in [1.82, 2.24) is 0 Å². The van der Waals surface area contributed by atoms with E-state index in [1.807, 2.05) is 0 Å². The number of ketones is 1. The van der Waals surface area contributed by atoms with Crippen LogP contribution in [0, 0.1) is 5.82 Å². The highest BCUT2D eigenvalue weighted by molar-refractivity contribution is 7.98. The van der Waals surface area contributed by atoms with Crippen LogP contribution in [0.3, 0.4) is 0 Å². The monoisotopic (exact) mass is 211 g/mol. The van der Waals surface area contributed by atoms with Crippen molar-refractivity contribution in [1.29, 1.82) is 0 Å². The summed E-state index contributed by atoms with van der Waals surface area (Å²) in [6.07, 6.45) is 1.73. The summed E-state index contributed by atoms with van der Waals surface area (Å²) in [4.78, 5) is 22.5. The van der Waals surface area contributed by atoms with Crippen molar-refractivity contribution >= 4 is 29.1 Å². The number of carbonyl (C=O) groups is 2. The van der Waals surface area contributed by atoms with Gasteiger partial charge in [0.15, 0.2) is 0 Å². The van der Waals surface area contributed by atoms with E-state index >= 15 is 0 Å². The van der Waals surface area contributed by atoms with Gasteiger partial charge in [0.05, 0.1) is 11.3 Å². The highest BCUT2D eigenvalue weighted by Gasteiger charge is 2.29. The number of hydrogen-bond donors (Lipinski definition) is 1. The number of rotatable bonds is 1. The van der Waals surface area contributed by atoms with Gasteiger partial charge < -0.3 is 5.32 Å². The first-order chi connectivity index (χ1) is 6.63. The van der Waals surface area contributed by atoms with E-state index in [1.165, 1.54) is 17.8 Å². The number of hydrogen-bond acceptors (Lipinski definition) is 3. The van der Waals surface area contributed by atoms with Crippen LogP contribution in [-0.4, -0.2) is 17.9 Å². The topological polar surface area (TPSA) is 46.2 Å². The van der Waals surface area contributed by atoms with Crippen molar-refractivity contribution in [3.8, 4) is 0 Å². The summed E-state index contributed by atoms with van der Waals surface area (Å²) < 4.78 is 13.2. The molecule has 1 N–H and O–H groups in total. The zero-order chi connectivity index (χ0) is 10.3. The van der Waals surface area contributed by atoms with Crippen LogP contribution in [0.4, 0.5) is 10.1 Å². The molecule has 0 atom stereocenters. The summed E-state index contributed by atoms with van der Waals surface area (Å²) in [5, 5.41) is 2.38. The molecule has 1 aliphatic heterocycles. The third-order valence-electron chi connectivity index (χ3n) is 1.99. The second kappa shape index (κ2) is 3.09. The lowest BCUT2D eigenvalue weighted by Crippen LogP contribution is -2.12. The SMILES string of the molecule is CSc1cc2c(cc1F)C(=O)C(=O)N2. The van der Waals surface area contributed by atoms with Crippen molar-refractivity contribution in [2.75, 3.05) is 11.6 Å². The summed E-state index contributed by atoms with van der Waals surface area (Å²) in [6.45, 7) is 0. The Morgan fingerprint density at radius 1 is 1.36 bits per heavy atom. The quantitative estimate of drug-likeness (QED) is 0.568. The van der Waals surface area contributed by atoms with Gasteiger partial charge in [0.25, 0.3) is 11.7 Å². The van der Waals surface area contributed by atoms with Gasteiger partial charge in [-0.3, -0.25) is 9.59 Å². The summed E-state index contributed by atoms with van der Waals surface area (Å²) >= 11 is 1.23. The van der Waals surface area contributed by atoms with Crippen molar-refractivity contribution < 1.29 is 14.0 Å². The van der Waals surface area contributed by atoms with Crippen LogP contribution < -0.4 is 5.32 Å². The van der Waals surface area contributed by atoms with Crippen molar-refractivity contribution in [3.63, 3.8) is 0 Å². The predicted octanol–water partition coefficient (Wildman–Crippen LogP) is 1.68. The Hall–Kier alpha value is -1.36. The van der Waals surface area contributed by atoms with E-state index in [0.29, 0.717) is 10.6 Å². The first kappa shape index (κ1) is 9.21. The van der Waals surface area contributed by atoms with Gasteiger partial charge in [0.1, 0.15) is 5.82 Å². The first-order valence-corrected chi connectivity index (χ1v) is 5.09. The third-order valence-corrected chi connectivity index (χ3v) is 2.74. The molecule has 1 aromatic carbocycles. The van der Waals surface area contributed by atoms with Crippen LogP contribution in [0.1, 0.15) is 10.4 Å². The van der Waals surface area contributed by atoms with Crippen molar-refractivity contribution in [2.45, 2.75) is 4.90 Å². The van der Waals surface area contributed by atoms with E-state index in [2.05, 4.69) is 5.32 Å². The molecule has 1 aromatic rings. The second-order valence-corrected chi connectivity index (χ2v) is 3.66. The molecule has 3 nitrogen and oxygen atoms in total. The number of Topliss-reactive ketones (excluding diaryl/α,β-unsaturated/α-hetero) is 1. The van der Waals surface area contributed by atoms with Gasteiger partial charge in [-0.2, -0.15) is 0 Å². The predicted molar refractivity (Wildman–Crippen MR) is 51.1 cm³/mol. The average molecular weight is 211 g/mol. The van der Waals surface area contributed by atoms with Gasteiger partial charge in [0.2, 0.25) is 0 Å². The fourth-order valence-electron chi connectivity index (χ4n) is 1.30. The minimum absolute atomic E-state index is 0.116. The molecule has 0 bridgehead atoms. The van der Waals surface area contributed by atoms with Crippen LogP contribution >= 0.6 is 11.8 Å². The molecule has 0 saturated carbocycles. The normalized spacial score (nSPS) is 14.1. The molecular weight excluding hydrogens is 205 g/mol. The fourth-order valence-corrected chi connectivity index (χ4v) is 1.79. The van der Waals surface area contributed by atoms with E-state index in [4.69, 9.17) is 0 Å². The number of anilines is 1. The fraction of sp³-hybridized carbons (Fsp3) is 0.111. The maximum absolute atomic E-state index is 13.2. The first-order valence-electron chi connectivity index (χ1n) is 3.86. The number of amides is 1. The molecule has 14 heavy (non-hydrogen) atoms. The lowest BCUT2D eigenvalue weighted by atomic mass is 10.1. The smallest absolute Gasteiger partial charge is 0.296 e.